The van der Waals surface area contributed by atoms with Gasteiger partial charge in [-0.1, -0.05) is 18.2 Å². The van der Waals surface area contributed by atoms with Crippen molar-refractivity contribution in [1.29, 1.82) is 0 Å². The smallest absolute Gasteiger partial charge is 0.279 e. The van der Waals surface area contributed by atoms with E-state index in [1.165, 1.54) is 0 Å². The number of benzene rings is 1. The second-order valence-corrected chi connectivity index (χ2v) is 7.55. The molecule has 154 valence electrons. The molecule has 2 aliphatic heterocycles. The molecule has 2 saturated heterocycles. The largest absolute Gasteiger partial charge is 0.367 e. The summed E-state index contributed by atoms with van der Waals surface area (Å²) in [6.07, 6.45) is -1.31. The maximum atomic E-state index is 12.7. The van der Waals surface area contributed by atoms with Crippen LogP contribution in [0.1, 0.15) is 48.2 Å². The number of halogens is 2. The Kier molecular flexibility index (Phi) is 5.88. The lowest BCUT2D eigenvalue weighted by atomic mass is 9.95. The van der Waals surface area contributed by atoms with Crippen molar-refractivity contribution >= 4 is 5.91 Å². The van der Waals surface area contributed by atoms with Gasteiger partial charge in [0.15, 0.2) is 6.23 Å². The SMILES string of the molecule is COC1CC(C(=O)N[C@@H]2CCc3cc(C4NOC(C(F)F)N4)ccc32)CCN1. The van der Waals surface area contributed by atoms with Crippen molar-refractivity contribution in [2.75, 3.05) is 13.7 Å². The number of carbonyl (C=O) groups is 1. The summed E-state index contributed by atoms with van der Waals surface area (Å²) < 4.78 is 30.8. The van der Waals surface area contributed by atoms with Crippen LogP contribution in [-0.4, -0.2) is 38.4 Å². The van der Waals surface area contributed by atoms with E-state index in [2.05, 4.69) is 21.4 Å². The topological polar surface area (TPSA) is 83.7 Å². The Balaban J connectivity index is 1.39. The summed E-state index contributed by atoms with van der Waals surface area (Å²) in [6.45, 7) is 0.768. The predicted molar refractivity (Wildman–Crippen MR) is 97.1 cm³/mol. The summed E-state index contributed by atoms with van der Waals surface area (Å²) in [5.74, 6) is 0.0163. The van der Waals surface area contributed by atoms with Crippen LogP contribution < -0.4 is 21.4 Å². The van der Waals surface area contributed by atoms with Crippen molar-refractivity contribution < 1.29 is 23.1 Å². The molecule has 4 N–H and O–H groups in total. The van der Waals surface area contributed by atoms with E-state index in [4.69, 9.17) is 9.57 Å². The molecule has 0 radical (unpaired) electrons. The molecule has 1 aromatic rings. The highest BCUT2D eigenvalue weighted by Gasteiger charge is 2.34. The minimum atomic E-state index is -2.60. The fourth-order valence-electron chi connectivity index (χ4n) is 4.21. The number of fused-ring (bicyclic) bond motifs is 1. The molecule has 0 aromatic heterocycles. The molecule has 0 bridgehead atoms. The third-order valence-electron chi connectivity index (χ3n) is 5.79. The van der Waals surface area contributed by atoms with Crippen LogP contribution in [0.15, 0.2) is 18.2 Å². The number of rotatable bonds is 5. The molecule has 1 aromatic carbocycles. The van der Waals surface area contributed by atoms with Gasteiger partial charge in [0, 0.05) is 13.0 Å². The minimum Gasteiger partial charge on any atom is -0.367 e. The molecule has 28 heavy (non-hydrogen) atoms. The van der Waals surface area contributed by atoms with E-state index in [-0.39, 0.29) is 24.1 Å². The Morgan fingerprint density at radius 3 is 2.96 bits per heavy atom. The lowest BCUT2D eigenvalue weighted by molar-refractivity contribution is -0.128. The number of amides is 1. The van der Waals surface area contributed by atoms with E-state index in [1.807, 2.05) is 18.2 Å². The van der Waals surface area contributed by atoms with Gasteiger partial charge in [-0.3, -0.25) is 20.3 Å². The van der Waals surface area contributed by atoms with Crippen LogP contribution in [0.4, 0.5) is 8.78 Å². The van der Waals surface area contributed by atoms with Crippen LogP contribution in [0, 0.1) is 5.92 Å². The average molecular weight is 396 g/mol. The summed E-state index contributed by atoms with van der Waals surface area (Å²) in [5.41, 5.74) is 5.68. The van der Waals surface area contributed by atoms with Gasteiger partial charge < -0.3 is 10.1 Å². The van der Waals surface area contributed by atoms with Crippen LogP contribution in [0.3, 0.4) is 0 Å². The highest BCUT2D eigenvalue weighted by molar-refractivity contribution is 5.79. The van der Waals surface area contributed by atoms with E-state index in [0.717, 1.165) is 42.5 Å². The van der Waals surface area contributed by atoms with E-state index in [1.54, 1.807) is 7.11 Å². The van der Waals surface area contributed by atoms with Crippen molar-refractivity contribution in [2.24, 2.45) is 5.92 Å². The number of carbonyl (C=O) groups excluding carboxylic acids is 1. The van der Waals surface area contributed by atoms with Gasteiger partial charge in [-0.25, -0.2) is 8.78 Å². The first-order valence-corrected chi connectivity index (χ1v) is 9.70. The van der Waals surface area contributed by atoms with Crippen molar-refractivity contribution in [1.82, 2.24) is 21.4 Å². The van der Waals surface area contributed by atoms with Crippen molar-refractivity contribution in [2.45, 2.75) is 56.8 Å². The standard InChI is InChI=1S/C19H26F2N4O3/c1-27-15-9-12(6-7-22-15)18(26)23-14-5-3-10-8-11(2-4-13(10)14)17-24-19(16(20)21)28-25-17/h2,4,8,12,14-17,19,22,24-25H,3,5-7,9H2,1H3,(H,23,26)/t12?,14-,15?,17?,19?/m1/s1. The van der Waals surface area contributed by atoms with Crippen LogP contribution in [-0.2, 0) is 20.8 Å². The zero-order valence-electron chi connectivity index (χ0n) is 15.7. The zero-order chi connectivity index (χ0) is 19.7. The Hall–Kier alpha value is -1.65. The number of aryl methyl sites for hydroxylation is 1. The number of hydrogen-bond donors (Lipinski definition) is 4. The molecule has 4 unspecified atom stereocenters. The molecule has 5 atom stereocenters. The monoisotopic (exact) mass is 396 g/mol. The number of nitrogens with one attached hydrogen (secondary N) is 4. The molecule has 1 aliphatic carbocycles. The van der Waals surface area contributed by atoms with E-state index >= 15 is 0 Å². The summed E-state index contributed by atoms with van der Waals surface area (Å²) in [7, 11) is 1.64. The van der Waals surface area contributed by atoms with Crippen molar-refractivity contribution in [3.8, 4) is 0 Å². The van der Waals surface area contributed by atoms with Gasteiger partial charge in [-0.2, -0.15) is 5.48 Å². The molecule has 7 nitrogen and oxygen atoms in total. The summed E-state index contributed by atoms with van der Waals surface area (Å²) >= 11 is 0. The van der Waals surface area contributed by atoms with Gasteiger partial charge >= 0.3 is 0 Å². The quantitative estimate of drug-likeness (QED) is 0.604. The maximum Gasteiger partial charge on any atom is 0.279 e. The summed E-state index contributed by atoms with van der Waals surface area (Å²) in [6, 6.07) is 5.84. The average Bonchev–Trinajstić information content (AvgIpc) is 3.35. The Morgan fingerprint density at radius 1 is 1.36 bits per heavy atom. The third kappa shape index (κ3) is 4.04. The lowest BCUT2D eigenvalue weighted by Gasteiger charge is -2.29. The number of piperidine rings is 1. The van der Waals surface area contributed by atoms with Crippen LogP contribution in [0.25, 0.3) is 0 Å². The highest BCUT2D eigenvalue weighted by atomic mass is 19.3. The van der Waals surface area contributed by atoms with Crippen molar-refractivity contribution in [3.63, 3.8) is 0 Å². The Morgan fingerprint density at radius 2 is 2.21 bits per heavy atom. The number of hydroxylamine groups is 1. The van der Waals surface area contributed by atoms with Crippen molar-refractivity contribution in [3.05, 3.63) is 34.9 Å². The normalized spacial score (nSPS) is 32.5. The molecule has 3 aliphatic rings. The first kappa shape index (κ1) is 19.7. The van der Waals surface area contributed by atoms with E-state index < -0.39 is 18.8 Å². The summed E-state index contributed by atoms with van der Waals surface area (Å²) in [5, 5.41) is 9.14. The van der Waals surface area contributed by atoms with Crippen LogP contribution in [0.5, 0.6) is 0 Å². The molecule has 2 fully saturated rings. The van der Waals surface area contributed by atoms with Gasteiger partial charge in [0.2, 0.25) is 5.91 Å². The molecule has 2 heterocycles. The Labute approximate surface area is 162 Å². The zero-order valence-corrected chi connectivity index (χ0v) is 15.7. The summed E-state index contributed by atoms with van der Waals surface area (Å²) in [4.78, 5) is 17.6. The molecular formula is C19H26F2N4O3. The first-order valence-electron chi connectivity index (χ1n) is 9.70. The Bertz CT molecular complexity index is 720. The molecule has 1 amide bonds. The van der Waals surface area contributed by atoms with Crippen LogP contribution >= 0.6 is 0 Å². The molecule has 0 saturated carbocycles. The van der Waals surface area contributed by atoms with Gasteiger partial charge in [-0.05, 0) is 48.9 Å². The number of hydrogen-bond acceptors (Lipinski definition) is 6. The predicted octanol–water partition coefficient (Wildman–Crippen LogP) is 1.48. The molecule has 9 heteroatoms. The number of alkyl halides is 2. The number of methoxy groups -OCH3 is 1. The third-order valence-corrected chi connectivity index (χ3v) is 5.79. The van der Waals surface area contributed by atoms with Gasteiger partial charge in [-0.15, -0.1) is 0 Å². The first-order chi connectivity index (χ1) is 13.5. The van der Waals surface area contributed by atoms with E-state index in [0.29, 0.717) is 6.42 Å². The lowest BCUT2D eigenvalue weighted by Crippen LogP contribution is -2.45. The second kappa shape index (κ2) is 8.38. The van der Waals surface area contributed by atoms with Gasteiger partial charge in [0.25, 0.3) is 6.43 Å². The highest BCUT2D eigenvalue weighted by Crippen LogP contribution is 2.34. The van der Waals surface area contributed by atoms with E-state index in [9.17, 15) is 13.6 Å². The fraction of sp³-hybridized carbons (Fsp3) is 0.632. The van der Waals surface area contributed by atoms with Gasteiger partial charge in [0.05, 0.1) is 6.04 Å². The fourth-order valence-corrected chi connectivity index (χ4v) is 4.21. The molecular weight excluding hydrogens is 370 g/mol. The molecule has 4 rings (SSSR count). The maximum absolute atomic E-state index is 12.7. The minimum absolute atomic E-state index is 0.0120. The number of ether oxygens (including phenoxy) is 1. The van der Waals surface area contributed by atoms with Gasteiger partial charge in [0.1, 0.15) is 12.4 Å². The second-order valence-electron chi connectivity index (χ2n) is 7.55. The van der Waals surface area contributed by atoms with Crippen LogP contribution in [0.2, 0.25) is 0 Å². The molecule has 0 spiro atoms.